The fourth-order valence-corrected chi connectivity index (χ4v) is 0.927. The first-order valence-electron chi connectivity index (χ1n) is 4.54. The van der Waals surface area contributed by atoms with Crippen LogP contribution in [0.3, 0.4) is 0 Å². The highest BCUT2D eigenvalue weighted by atomic mass is 16.5. The molecule has 0 spiro atoms. The summed E-state index contributed by atoms with van der Waals surface area (Å²) in [6.07, 6.45) is 0.811. The van der Waals surface area contributed by atoms with Crippen LogP contribution in [0.4, 0.5) is 0 Å². The first kappa shape index (κ1) is 12.2. The van der Waals surface area contributed by atoms with Gasteiger partial charge in [0.05, 0.1) is 19.1 Å². The zero-order chi connectivity index (χ0) is 10.3. The topological polar surface area (TPSA) is 46.5 Å². The molecule has 0 aliphatic heterocycles. The van der Waals surface area contributed by atoms with Gasteiger partial charge in [0.2, 0.25) is 0 Å². The van der Waals surface area contributed by atoms with Gasteiger partial charge in [-0.1, -0.05) is 5.57 Å². The molecule has 76 valence electrons. The van der Waals surface area contributed by atoms with Crippen molar-refractivity contribution in [1.29, 1.82) is 0 Å². The highest BCUT2D eigenvalue weighted by molar-refractivity contribution is 5.69. The fourth-order valence-electron chi connectivity index (χ4n) is 0.927. The van der Waals surface area contributed by atoms with E-state index in [0.29, 0.717) is 13.0 Å². The number of carbonyl (C=O) groups excluding carboxylic acids is 1. The lowest BCUT2D eigenvalue weighted by Gasteiger charge is -2.09. The molecule has 0 aliphatic rings. The van der Waals surface area contributed by atoms with Gasteiger partial charge in [0, 0.05) is 0 Å². The standard InChI is InChI=1S/C10H18O3/c1-4-13-10(12)7-9(11)6-5-8(2)3/h9,11H,2,4-7H2,1,3H3/t9-/m1/s1. The quantitative estimate of drug-likeness (QED) is 0.507. The molecule has 0 radical (unpaired) electrons. The molecule has 13 heavy (non-hydrogen) atoms. The van der Waals surface area contributed by atoms with Crippen LogP contribution >= 0.6 is 0 Å². The molecule has 0 heterocycles. The Labute approximate surface area is 79.4 Å². The van der Waals surface area contributed by atoms with Crippen molar-refractivity contribution in [2.24, 2.45) is 0 Å². The molecule has 3 heteroatoms. The van der Waals surface area contributed by atoms with Gasteiger partial charge in [-0.15, -0.1) is 6.58 Å². The van der Waals surface area contributed by atoms with Gasteiger partial charge in [-0.3, -0.25) is 4.79 Å². The van der Waals surface area contributed by atoms with Crippen molar-refractivity contribution in [3.63, 3.8) is 0 Å². The van der Waals surface area contributed by atoms with Gasteiger partial charge in [-0.25, -0.2) is 0 Å². The van der Waals surface area contributed by atoms with E-state index >= 15 is 0 Å². The number of rotatable bonds is 6. The maximum absolute atomic E-state index is 10.9. The first-order chi connectivity index (χ1) is 6.06. The van der Waals surface area contributed by atoms with Crippen molar-refractivity contribution in [3.8, 4) is 0 Å². The number of aliphatic hydroxyl groups excluding tert-OH is 1. The Morgan fingerprint density at radius 2 is 2.23 bits per heavy atom. The molecule has 0 aromatic heterocycles. The Morgan fingerprint density at radius 3 is 2.69 bits per heavy atom. The number of hydrogen-bond donors (Lipinski definition) is 1. The van der Waals surface area contributed by atoms with E-state index in [2.05, 4.69) is 6.58 Å². The molecule has 0 fully saturated rings. The predicted octanol–water partition coefficient (Wildman–Crippen LogP) is 1.66. The molecule has 0 unspecified atom stereocenters. The Hall–Kier alpha value is -0.830. The third kappa shape index (κ3) is 7.53. The lowest BCUT2D eigenvalue weighted by atomic mass is 10.1. The minimum absolute atomic E-state index is 0.0844. The van der Waals surface area contributed by atoms with E-state index in [1.54, 1.807) is 6.92 Å². The van der Waals surface area contributed by atoms with Crippen LogP contribution < -0.4 is 0 Å². The molecule has 0 saturated carbocycles. The van der Waals surface area contributed by atoms with Gasteiger partial charge in [0.1, 0.15) is 0 Å². The maximum Gasteiger partial charge on any atom is 0.308 e. The van der Waals surface area contributed by atoms with E-state index in [0.717, 1.165) is 12.0 Å². The van der Waals surface area contributed by atoms with E-state index < -0.39 is 6.10 Å². The van der Waals surface area contributed by atoms with Crippen LogP contribution in [0, 0.1) is 0 Å². The molecule has 0 aliphatic carbocycles. The highest BCUT2D eigenvalue weighted by Crippen LogP contribution is 2.07. The summed E-state index contributed by atoms with van der Waals surface area (Å²) in [5, 5.41) is 9.35. The van der Waals surface area contributed by atoms with Crippen LogP contribution in [0.15, 0.2) is 12.2 Å². The van der Waals surface area contributed by atoms with Crippen LogP contribution in [0.2, 0.25) is 0 Å². The second-order valence-electron chi connectivity index (χ2n) is 3.16. The molecular weight excluding hydrogens is 168 g/mol. The second-order valence-corrected chi connectivity index (χ2v) is 3.16. The molecule has 0 aromatic rings. The number of allylic oxidation sites excluding steroid dienone is 1. The van der Waals surface area contributed by atoms with Crippen LogP contribution in [0.25, 0.3) is 0 Å². The van der Waals surface area contributed by atoms with Crippen molar-refractivity contribution in [2.45, 2.75) is 39.2 Å². The van der Waals surface area contributed by atoms with E-state index in [-0.39, 0.29) is 12.4 Å². The third-order valence-electron chi connectivity index (χ3n) is 1.61. The number of ether oxygens (including phenoxy) is 1. The van der Waals surface area contributed by atoms with Crippen LogP contribution in [0.1, 0.15) is 33.1 Å². The Morgan fingerprint density at radius 1 is 1.62 bits per heavy atom. The Kier molecular flexibility index (Phi) is 6.24. The molecule has 3 nitrogen and oxygen atoms in total. The maximum atomic E-state index is 10.9. The van der Waals surface area contributed by atoms with Gasteiger partial charge in [0.25, 0.3) is 0 Å². The number of aliphatic hydroxyl groups is 1. The van der Waals surface area contributed by atoms with Crippen molar-refractivity contribution >= 4 is 5.97 Å². The lowest BCUT2D eigenvalue weighted by molar-refractivity contribution is -0.145. The molecular formula is C10H18O3. The largest absolute Gasteiger partial charge is 0.466 e. The Bertz CT molecular complexity index is 175. The summed E-state index contributed by atoms with van der Waals surface area (Å²) in [6.45, 7) is 7.73. The number of carbonyl (C=O) groups is 1. The monoisotopic (exact) mass is 186 g/mol. The lowest BCUT2D eigenvalue weighted by Crippen LogP contribution is -2.15. The van der Waals surface area contributed by atoms with Gasteiger partial charge in [-0.05, 0) is 26.7 Å². The first-order valence-corrected chi connectivity index (χ1v) is 4.54. The normalized spacial score (nSPS) is 12.2. The zero-order valence-electron chi connectivity index (χ0n) is 8.38. The van der Waals surface area contributed by atoms with E-state index in [9.17, 15) is 9.90 Å². The van der Waals surface area contributed by atoms with Crippen LogP contribution in [-0.2, 0) is 9.53 Å². The van der Waals surface area contributed by atoms with E-state index in [4.69, 9.17) is 4.74 Å². The van der Waals surface area contributed by atoms with Crippen LogP contribution in [0.5, 0.6) is 0 Å². The van der Waals surface area contributed by atoms with E-state index in [1.807, 2.05) is 6.92 Å². The SMILES string of the molecule is C=C(C)CC[C@@H](O)CC(=O)OCC. The molecule has 0 amide bonds. The van der Waals surface area contributed by atoms with Crippen molar-refractivity contribution < 1.29 is 14.6 Å². The second kappa shape index (κ2) is 6.66. The smallest absolute Gasteiger partial charge is 0.308 e. The van der Waals surface area contributed by atoms with Crippen molar-refractivity contribution in [2.75, 3.05) is 6.61 Å². The summed E-state index contributed by atoms with van der Waals surface area (Å²) in [5.41, 5.74) is 1.02. The highest BCUT2D eigenvalue weighted by Gasteiger charge is 2.10. The summed E-state index contributed by atoms with van der Waals surface area (Å²) in [6, 6.07) is 0. The predicted molar refractivity (Wildman–Crippen MR) is 51.3 cm³/mol. The minimum atomic E-state index is -0.601. The average molecular weight is 186 g/mol. The molecule has 0 rings (SSSR count). The summed E-state index contributed by atoms with van der Waals surface area (Å²) in [4.78, 5) is 10.9. The molecule has 1 N–H and O–H groups in total. The number of esters is 1. The van der Waals surface area contributed by atoms with Gasteiger partial charge >= 0.3 is 5.97 Å². The summed E-state index contributed by atoms with van der Waals surface area (Å²) in [7, 11) is 0. The Balaban J connectivity index is 3.55. The molecule has 1 atom stereocenters. The number of hydrogen-bond acceptors (Lipinski definition) is 3. The minimum Gasteiger partial charge on any atom is -0.466 e. The van der Waals surface area contributed by atoms with E-state index in [1.165, 1.54) is 0 Å². The summed E-state index contributed by atoms with van der Waals surface area (Å²) >= 11 is 0. The summed E-state index contributed by atoms with van der Waals surface area (Å²) in [5.74, 6) is -0.336. The molecule has 0 aromatic carbocycles. The summed E-state index contributed by atoms with van der Waals surface area (Å²) < 4.78 is 4.70. The molecule has 0 bridgehead atoms. The zero-order valence-corrected chi connectivity index (χ0v) is 8.38. The van der Waals surface area contributed by atoms with Crippen LogP contribution in [-0.4, -0.2) is 23.8 Å². The van der Waals surface area contributed by atoms with Crippen molar-refractivity contribution in [1.82, 2.24) is 0 Å². The van der Waals surface area contributed by atoms with Gasteiger partial charge in [-0.2, -0.15) is 0 Å². The third-order valence-corrected chi connectivity index (χ3v) is 1.61. The fraction of sp³-hybridized carbons (Fsp3) is 0.700. The molecule has 0 saturated heterocycles. The average Bonchev–Trinajstić information content (AvgIpc) is 2.01. The van der Waals surface area contributed by atoms with Crippen molar-refractivity contribution in [3.05, 3.63) is 12.2 Å². The van der Waals surface area contributed by atoms with Gasteiger partial charge < -0.3 is 9.84 Å². The van der Waals surface area contributed by atoms with Gasteiger partial charge in [0.15, 0.2) is 0 Å².